The molecule has 158 valence electrons. The number of nitrogens with one attached hydrogen (secondary N) is 2. The average Bonchev–Trinajstić information content (AvgIpc) is 2.72. The summed E-state index contributed by atoms with van der Waals surface area (Å²) >= 11 is 0. The number of nitrogens with zero attached hydrogens (tertiary/aromatic N) is 2. The Morgan fingerprint density at radius 3 is 2.68 bits per heavy atom. The van der Waals surface area contributed by atoms with Gasteiger partial charge in [0.25, 0.3) is 0 Å². The van der Waals surface area contributed by atoms with Crippen LogP contribution in [-0.2, 0) is 4.74 Å². The fraction of sp³-hybridized carbons (Fsp3) is 0.667. The molecule has 0 radical (unpaired) electrons. The lowest BCUT2D eigenvalue weighted by molar-refractivity contribution is 0.155. The van der Waals surface area contributed by atoms with E-state index >= 15 is 0 Å². The predicted molar refractivity (Wildman–Crippen MR) is 114 cm³/mol. The highest BCUT2D eigenvalue weighted by molar-refractivity contribution is 5.80. The maximum Gasteiger partial charge on any atom is 0.191 e. The Kier molecular flexibility index (Phi) is 9.93. The molecule has 0 aromatic heterocycles. The molecule has 1 saturated heterocycles. The third kappa shape index (κ3) is 7.94. The number of aliphatic imine (C=N–C) groups is 1. The minimum absolute atomic E-state index is 0.00767. The SMILES string of the molecule is CN=C(NCC(C)Oc1cccc(OC)c1)NC1CCN(CCCOC)CC1. The fourth-order valence-electron chi connectivity index (χ4n) is 3.31. The van der Waals surface area contributed by atoms with Crippen LogP contribution in [0.5, 0.6) is 11.5 Å². The molecule has 1 aromatic rings. The Morgan fingerprint density at radius 1 is 1.25 bits per heavy atom. The van der Waals surface area contributed by atoms with Gasteiger partial charge < -0.3 is 29.7 Å². The maximum atomic E-state index is 5.96. The summed E-state index contributed by atoms with van der Waals surface area (Å²) in [6, 6.07) is 8.12. The molecule has 28 heavy (non-hydrogen) atoms. The monoisotopic (exact) mass is 392 g/mol. The normalized spacial score (nSPS) is 17.2. The van der Waals surface area contributed by atoms with Crippen molar-refractivity contribution in [1.29, 1.82) is 0 Å². The second-order valence-corrected chi connectivity index (χ2v) is 7.17. The Balaban J connectivity index is 1.68. The van der Waals surface area contributed by atoms with Gasteiger partial charge in [-0.2, -0.15) is 0 Å². The largest absolute Gasteiger partial charge is 0.497 e. The van der Waals surface area contributed by atoms with Gasteiger partial charge in [0.05, 0.1) is 13.7 Å². The van der Waals surface area contributed by atoms with Crippen molar-refractivity contribution in [2.45, 2.75) is 38.3 Å². The molecule has 1 aliphatic rings. The zero-order chi connectivity index (χ0) is 20.2. The van der Waals surface area contributed by atoms with Gasteiger partial charge in [0.2, 0.25) is 0 Å². The van der Waals surface area contributed by atoms with E-state index in [0.717, 1.165) is 63.0 Å². The molecule has 1 aromatic carbocycles. The van der Waals surface area contributed by atoms with Gasteiger partial charge in [0.1, 0.15) is 17.6 Å². The molecular formula is C21H36N4O3. The maximum absolute atomic E-state index is 5.96. The molecule has 0 bridgehead atoms. The number of hydrogen-bond acceptors (Lipinski definition) is 5. The van der Waals surface area contributed by atoms with Crippen LogP contribution < -0.4 is 20.1 Å². The van der Waals surface area contributed by atoms with Crippen molar-refractivity contribution in [3.05, 3.63) is 24.3 Å². The Bertz CT molecular complexity index is 589. The van der Waals surface area contributed by atoms with E-state index in [1.165, 1.54) is 0 Å². The third-order valence-corrected chi connectivity index (χ3v) is 4.91. The van der Waals surface area contributed by atoms with E-state index in [1.807, 2.05) is 38.2 Å². The van der Waals surface area contributed by atoms with E-state index in [-0.39, 0.29) is 6.10 Å². The van der Waals surface area contributed by atoms with Gasteiger partial charge in [0.15, 0.2) is 5.96 Å². The molecule has 1 heterocycles. The molecule has 7 heteroatoms. The summed E-state index contributed by atoms with van der Waals surface area (Å²) in [5.74, 6) is 2.43. The number of guanidine groups is 1. The quantitative estimate of drug-likeness (QED) is 0.361. The van der Waals surface area contributed by atoms with Gasteiger partial charge in [-0.3, -0.25) is 4.99 Å². The molecule has 7 nitrogen and oxygen atoms in total. The first-order valence-corrected chi connectivity index (χ1v) is 10.1. The molecular weight excluding hydrogens is 356 g/mol. The van der Waals surface area contributed by atoms with Crippen LogP contribution in [0, 0.1) is 0 Å². The average molecular weight is 393 g/mol. The van der Waals surface area contributed by atoms with E-state index in [9.17, 15) is 0 Å². The van der Waals surface area contributed by atoms with Crippen LogP contribution in [0.15, 0.2) is 29.3 Å². The highest BCUT2D eigenvalue weighted by Gasteiger charge is 2.19. The van der Waals surface area contributed by atoms with Crippen molar-refractivity contribution >= 4 is 5.96 Å². The van der Waals surface area contributed by atoms with Gasteiger partial charge in [0, 0.05) is 52.5 Å². The third-order valence-electron chi connectivity index (χ3n) is 4.91. The standard InChI is InChI=1S/C21H36N4O3/c1-17(28-20-8-5-7-19(15-20)27-4)16-23-21(22-2)24-18-9-12-25(13-10-18)11-6-14-26-3/h5,7-8,15,17-18H,6,9-14,16H2,1-4H3,(H2,22,23,24). The Hall–Kier alpha value is -1.99. The van der Waals surface area contributed by atoms with Crippen molar-refractivity contribution < 1.29 is 14.2 Å². The number of rotatable bonds is 10. The zero-order valence-corrected chi connectivity index (χ0v) is 17.7. The van der Waals surface area contributed by atoms with Crippen molar-refractivity contribution in [2.75, 3.05) is 54.1 Å². The molecule has 1 atom stereocenters. The first kappa shape index (κ1) is 22.3. The minimum Gasteiger partial charge on any atom is -0.497 e. The molecule has 1 unspecified atom stereocenters. The molecule has 0 saturated carbocycles. The Morgan fingerprint density at radius 2 is 2.00 bits per heavy atom. The summed E-state index contributed by atoms with van der Waals surface area (Å²) in [6.45, 7) is 6.91. The zero-order valence-electron chi connectivity index (χ0n) is 17.7. The second kappa shape index (κ2) is 12.5. The minimum atomic E-state index is 0.00767. The lowest BCUT2D eigenvalue weighted by Crippen LogP contribution is -2.50. The summed E-state index contributed by atoms with van der Waals surface area (Å²) in [5.41, 5.74) is 0. The number of methoxy groups -OCH3 is 2. The van der Waals surface area contributed by atoms with Gasteiger partial charge in [-0.1, -0.05) is 6.07 Å². The van der Waals surface area contributed by atoms with Crippen LogP contribution in [0.3, 0.4) is 0 Å². The summed E-state index contributed by atoms with van der Waals surface area (Å²) in [4.78, 5) is 6.87. The lowest BCUT2D eigenvalue weighted by atomic mass is 10.1. The van der Waals surface area contributed by atoms with E-state index < -0.39 is 0 Å². The van der Waals surface area contributed by atoms with Crippen LogP contribution >= 0.6 is 0 Å². The first-order chi connectivity index (χ1) is 13.6. The number of hydrogen-bond donors (Lipinski definition) is 2. The summed E-state index contributed by atoms with van der Waals surface area (Å²) < 4.78 is 16.3. The molecule has 1 fully saturated rings. The number of piperidine rings is 1. The summed E-state index contributed by atoms with van der Waals surface area (Å²) in [5, 5.41) is 6.91. The van der Waals surface area contributed by atoms with Crippen molar-refractivity contribution in [2.24, 2.45) is 4.99 Å². The molecule has 1 aliphatic heterocycles. The van der Waals surface area contributed by atoms with E-state index in [1.54, 1.807) is 14.2 Å². The van der Waals surface area contributed by atoms with Crippen LogP contribution in [0.2, 0.25) is 0 Å². The van der Waals surface area contributed by atoms with Crippen LogP contribution in [-0.4, -0.2) is 77.1 Å². The number of likely N-dealkylation sites (tertiary alicyclic amines) is 1. The molecule has 2 N–H and O–H groups in total. The van der Waals surface area contributed by atoms with E-state index in [0.29, 0.717) is 12.6 Å². The van der Waals surface area contributed by atoms with Gasteiger partial charge in [-0.15, -0.1) is 0 Å². The van der Waals surface area contributed by atoms with Crippen LogP contribution in [0.4, 0.5) is 0 Å². The molecule has 2 rings (SSSR count). The van der Waals surface area contributed by atoms with Crippen LogP contribution in [0.25, 0.3) is 0 Å². The van der Waals surface area contributed by atoms with E-state index in [2.05, 4.69) is 20.5 Å². The predicted octanol–water partition coefficient (Wildman–Crippen LogP) is 2.13. The Labute approximate surface area is 169 Å². The van der Waals surface area contributed by atoms with Gasteiger partial charge >= 0.3 is 0 Å². The van der Waals surface area contributed by atoms with Gasteiger partial charge in [-0.05, 0) is 38.3 Å². The highest BCUT2D eigenvalue weighted by Crippen LogP contribution is 2.19. The highest BCUT2D eigenvalue weighted by atomic mass is 16.5. The smallest absolute Gasteiger partial charge is 0.191 e. The fourth-order valence-corrected chi connectivity index (χ4v) is 3.31. The summed E-state index contributed by atoms with van der Waals surface area (Å²) in [6.07, 6.45) is 3.36. The summed E-state index contributed by atoms with van der Waals surface area (Å²) in [7, 11) is 5.23. The van der Waals surface area contributed by atoms with Crippen LogP contribution in [0.1, 0.15) is 26.2 Å². The molecule has 0 spiro atoms. The number of benzene rings is 1. The topological polar surface area (TPSA) is 67.4 Å². The van der Waals surface area contributed by atoms with Gasteiger partial charge in [-0.25, -0.2) is 0 Å². The second-order valence-electron chi connectivity index (χ2n) is 7.17. The van der Waals surface area contributed by atoms with Crippen molar-refractivity contribution in [3.8, 4) is 11.5 Å². The number of ether oxygens (including phenoxy) is 3. The van der Waals surface area contributed by atoms with Crippen molar-refractivity contribution in [3.63, 3.8) is 0 Å². The first-order valence-electron chi connectivity index (χ1n) is 10.1. The lowest BCUT2D eigenvalue weighted by Gasteiger charge is -2.33. The molecule has 0 amide bonds. The van der Waals surface area contributed by atoms with E-state index in [4.69, 9.17) is 14.2 Å². The van der Waals surface area contributed by atoms with Crippen molar-refractivity contribution in [1.82, 2.24) is 15.5 Å². The molecule has 0 aliphatic carbocycles.